The van der Waals surface area contributed by atoms with Crippen molar-refractivity contribution in [2.75, 3.05) is 28.3 Å². The molecule has 0 unspecified atom stereocenters. The Labute approximate surface area is 354 Å². The number of hydrogen-bond donors (Lipinski definition) is 0. The van der Waals surface area contributed by atoms with Crippen LogP contribution in [0.5, 0.6) is 0 Å². The minimum absolute atomic E-state index is 0.214. The Morgan fingerprint density at radius 3 is 1.85 bits per heavy atom. The third kappa shape index (κ3) is 6.07. The molecule has 0 bridgehead atoms. The van der Waals surface area contributed by atoms with E-state index in [0.717, 1.165) is 89.4 Å². The van der Waals surface area contributed by atoms with Gasteiger partial charge < -0.3 is 14.7 Å². The predicted octanol–water partition coefficient (Wildman–Crippen LogP) is 14.2. The van der Waals surface area contributed by atoms with E-state index in [9.17, 15) is 0 Å². The molecule has 5 heteroatoms. The molecular weight excluding hydrogens is 731 g/mol. The van der Waals surface area contributed by atoms with Crippen molar-refractivity contribution >= 4 is 55.9 Å². The minimum atomic E-state index is -2.28. The molecule has 0 atom stereocenters. The second-order valence-corrected chi connectivity index (χ2v) is 15.1. The van der Waals surface area contributed by atoms with Crippen LogP contribution in [0.25, 0.3) is 61.0 Å². The summed E-state index contributed by atoms with van der Waals surface area (Å²) in [5, 5.41) is 2.26. The number of anilines is 6. The molecule has 286 valence electrons. The van der Waals surface area contributed by atoms with Crippen molar-refractivity contribution in [3.63, 3.8) is 0 Å². The van der Waals surface area contributed by atoms with Crippen LogP contribution in [0.1, 0.15) is 4.11 Å². The smallest absolute Gasteiger partial charge is 0.138 e. The highest BCUT2D eigenvalue weighted by Crippen LogP contribution is 2.45. The van der Waals surface area contributed by atoms with Gasteiger partial charge in [-0.25, -0.2) is 4.98 Å². The highest BCUT2D eigenvalue weighted by molar-refractivity contribution is 6.10. The highest BCUT2D eigenvalue weighted by Gasteiger charge is 2.25. The van der Waals surface area contributed by atoms with E-state index in [4.69, 9.17) is 9.10 Å². The number of para-hydroxylation sites is 4. The fourth-order valence-electron chi connectivity index (χ4n) is 8.88. The maximum absolute atomic E-state index is 8.30. The summed E-state index contributed by atoms with van der Waals surface area (Å²) in [5.41, 5.74) is 14.3. The quantitative estimate of drug-likeness (QED) is 0.154. The molecule has 1 aliphatic heterocycles. The standard InChI is InChI=1S/C55H41N5/c1-57-38-58(52-30-14-13-29-51(52)57)43-23-15-24-44(36-43)59(42-21-9-4-10-22-42)45-31-32-49-48-25-11-12-28-50(48)60(53(49)37-45)54-35-41(33-34-56-54)55-46(39-17-5-2-6-18-39)26-16-27-47(55)40-19-7-3-8-20-40/h2-37H,38H2,1H3/i1D3. The molecule has 8 aromatic carbocycles. The van der Waals surface area contributed by atoms with Gasteiger partial charge in [0.05, 0.1) is 29.1 Å². The van der Waals surface area contributed by atoms with Gasteiger partial charge in [-0.05, 0) is 106 Å². The lowest BCUT2D eigenvalue weighted by atomic mass is 9.88. The van der Waals surface area contributed by atoms with Crippen molar-refractivity contribution in [2.24, 2.45) is 0 Å². The van der Waals surface area contributed by atoms with E-state index < -0.39 is 6.98 Å². The molecule has 3 heterocycles. The molecule has 0 saturated carbocycles. The van der Waals surface area contributed by atoms with Gasteiger partial charge >= 0.3 is 0 Å². The van der Waals surface area contributed by atoms with Crippen molar-refractivity contribution in [2.45, 2.75) is 0 Å². The molecule has 2 aromatic heterocycles. The topological polar surface area (TPSA) is 27.5 Å². The van der Waals surface area contributed by atoms with Crippen molar-refractivity contribution in [3.05, 3.63) is 219 Å². The first-order valence-corrected chi connectivity index (χ1v) is 20.2. The zero-order valence-corrected chi connectivity index (χ0v) is 32.7. The predicted molar refractivity (Wildman–Crippen MR) is 251 cm³/mol. The largest absolute Gasteiger partial charge is 0.355 e. The van der Waals surface area contributed by atoms with Crippen LogP contribution >= 0.6 is 0 Å². The zero-order valence-electron chi connectivity index (χ0n) is 35.7. The van der Waals surface area contributed by atoms with E-state index in [-0.39, 0.29) is 6.67 Å². The number of rotatable bonds is 8. The van der Waals surface area contributed by atoms with Crippen LogP contribution in [0, 0.1) is 0 Å². The molecule has 0 N–H and O–H groups in total. The fraction of sp³-hybridized carbons (Fsp3) is 0.0364. The molecule has 0 radical (unpaired) electrons. The normalized spacial score (nSPS) is 13.2. The van der Waals surface area contributed by atoms with Crippen molar-refractivity contribution in [3.8, 4) is 39.2 Å². The summed E-state index contributed by atoms with van der Waals surface area (Å²) in [6, 6.07) is 73.8. The molecule has 0 aliphatic carbocycles. The summed E-state index contributed by atoms with van der Waals surface area (Å²) in [6.45, 7) is -2.07. The number of aromatic nitrogens is 2. The molecule has 5 nitrogen and oxygen atoms in total. The zero-order chi connectivity index (χ0) is 42.5. The SMILES string of the molecule is [2H]C([2H])([2H])N1CN(c2cccc(N(c3ccccc3)c3ccc4c5ccccc5n(-c5cc(-c6c(-c7ccccc7)cccc6-c6ccccc6)ccn5)c4c3)c2)c2ccccc21. The van der Waals surface area contributed by atoms with E-state index >= 15 is 0 Å². The van der Waals surface area contributed by atoms with Crippen LogP contribution < -0.4 is 14.7 Å². The molecule has 1 aliphatic rings. The lowest BCUT2D eigenvalue weighted by Gasteiger charge is -2.27. The second-order valence-electron chi connectivity index (χ2n) is 15.1. The second kappa shape index (κ2) is 14.8. The Balaban J connectivity index is 1.08. The van der Waals surface area contributed by atoms with Gasteiger partial charge in [-0.1, -0.05) is 140 Å². The summed E-state index contributed by atoms with van der Waals surface area (Å²) in [6.07, 6.45) is 1.93. The Kier molecular flexibility index (Phi) is 7.92. The van der Waals surface area contributed by atoms with Crippen molar-refractivity contribution < 1.29 is 4.11 Å². The number of hydrogen-bond acceptors (Lipinski definition) is 4. The maximum atomic E-state index is 8.30. The number of benzene rings is 8. The number of fused-ring (bicyclic) bond motifs is 4. The summed E-state index contributed by atoms with van der Waals surface area (Å²) in [5.74, 6) is 0.817. The Morgan fingerprint density at radius 1 is 0.483 bits per heavy atom. The Morgan fingerprint density at radius 2 is 1.10 bits per heavy atom. The van der Waals surface area contributed by atoms with E-state index in [0.29, 0.717) is 5.69 Å². The van der Waals surface area contributed by atoms with Crippen LogP contribution in [0.4, 0.5) is 34.1 Å². The Hall–Kier alpha value is -7.89. The molecule has 0 fully saturated rings. The molecule has 60 heavy (non-hydrogen) atoms. The summed E-state index contributed by atoms with van der Waals surface area (Å²) in [4.78, 5) is 10.9. The molecule has 0 amide bonds. The van der Waals surface area contributed by atoms with Gasteiger partial charge in [0.1, 0.15) is 5.82 Å². The third-order valence-electron chi connectivity index (χ3n) is 11.6. The Bertz CT molecular complexity index is 3220. The van der Waals surface area contributed by atoms with Crippen LogP contribution in [-0.4, -0.2) is 23.2 Å². The van der Waals surface area contributed by atoms with Gasteiger partial charge in [-0.15, -0.1) is 0 Å². The monoisotopic (exact) mass is 774 g/mol. The van der Waals surface area contributed by atoms with Gasteiger partial charge in [0.25, 0.3) is 0 Å². The molecule has 0 saturated heterocycles. The van der Waals surface area contributed by atoms with Crippen molar-refractivity contribution in [1.82, 2.24) is 9.55 Å². The summed E-state index contributed by atoms with van der Waals surface area (Å²) in [7, 11) is 0. The average molecular weight is 775 g/mol. The lowest BCUT2D eigenvalue weighted by molar-refractivity contribution is 0.949. The first-order valence-electron chi connectivity index (χ1n) is 21.7. The first-order chi connectivity index (χ1) is 30.9. The maximum Gasteiger partial charge on any atom is 0.138 e. The van der Waals surface area contributed by atoms with E-state index in [1.54, 1.807) is 0 Å². The van der Waals surface area contributed by atoms with E-state index in [2.05, 4.69) is 184 Å². The molecule has 10 aromatic rings. The summed E-state index contributed by atoms with van der Waals surface area (Å²) < 4.78 is 27.2. The summed E-state index contributed by atoms with van der Waals surface area (Å²) >= 11 is 0. The van der Waals surface area contributed by atoms with Crippen molar-refractivity contribution in [1.29, 1.82) is 0 Å². The fourth-order valence-corrected chi connectivity index (χ4v) is 8.88. The van der Waals surface area contributed by atoms with Crippen LogP contribution in [0.15, 0.2) is 219 Å². The van der Waals surface area contributed by atoms with Gasteiger partial charge in [-0.2, -0.15) is 0 Å². The third-order valence-corrected chi connectivity index (χ3v) is 11.6. The molecule has 0 spiro atoms. The van der Waals surface area contributed by atoms with Crippen LogP contribution in [0.3, 0.4) is 0 Å². The highest BCUT2D eigenvalue weighted by atomic mass is 15.4. The van der Waals surface area contributed by atoms with E-state index in [1.165, 1.54) is 4.90 Å². The van der Waals surface area contributed by atoms with Crippen LogP contribution in [-0.2, 0) is 0 Å². The number of nitrogens with zero attached hydrogens (tertiary/aromatic N) is 5. The number of pyridine rings is 1. The average Bonchev–Trinajstić information content (AvgIpc) is 3.89. The van der Waals surface area contributed by atoms with Gasteiger partial charge in [0.15, 0.2) is 0 Å². The van der Waals surface area contributed by atoms with Gasteiger partial charge in [0, 0.05) is 50.8 Å². The minimum Gasteiger partial charge on any atom is -0.355 e. The first kappa shape index (κ1) is 32.1. The lowest BCUT2D eigenvalue weighted by Crippen LogP contribution is -2.24. The van der Waals surface area contributed by atoms with Gasteiger partial charge in [0.2, 0.25) is 0 Å². The molecular formula is C55H41N5. The van der Waals surface area contributed by atoms with Gasteiger partial charge in [-0.3, -0.25) is 4.57 Å². The van der Waals surface area contributed by atoms with E-state index in [1.807, 2.05) is 48.7 Å². The van der Waals surface area contributed by atoms with Crippen LogP contribution in [0.2, 0.25) is 0 Å². The molecule has 11 rings (SSSR count).